The molecule has 1 aliphatic carbocycles. The van der Waals surface area contributed by atoms with Crippen LogP contribution in [0.25, 0.3) is 0 Å². The maximum Gasteiger partial charge on any atom is 0.263 e. The molecule has 0 unspecified atom stereocenters. The molecular weight excluding hydrogens is 340 g/mol. The Kier molecular flexibility index (Phi) is 5.59. The second kappa shape index (κ2) is 7.91. The number of carbonyl (C=O) groups is 2. The highest BCUT2D eigenvalue weighted by Crippen LogP contribution is 2.30. The number of carbonyl (C=O) groups excluding carboxylic acids is 2. The molecule has 1 aromatic heterocycles. The van der Waals surface area contributed by atoms with Crippen LogP contribution in [-0.4, -0.2) is 23.3 Å². The van der Waals surface area contributed by atoms with Crippen molar-refractivity contribution in [2.75, 3.05) is 7.05 Å². The number of pyridine rings is 1. The number of benzene rings is 1. The third kappa shape index (κ3) is 4.18. The number of Topliss-reactive ketones (excluding diaryl/α,β-unsaturated/α-hetero) is 1. The van der Waals surface area contributed by atoms with Gasteiger partial charge in [-0.15, -0.1) is 0 Å². The maximum absolute atomic E-state index is 12.8. The van der Waals surface area contributed by atoms with E-state index in [-0.39, 0.29) is 16.9 Å². The standard InChI is InChI=1S/C22H26N2O3/c1-14-7-8-17(9-15(14)2)12-24-13-18(20(25)10-16-5-4-6-16)11-19(22(24)27)21(26)23-3/h7-9,11,13,16H,4-6,10,12H2,1-3H3,(H,23,26). The Bertz CT molecular complexity index is 939. The van der Waals surface area contributed by atoms with Crippen molar-refractivity contribution < 1.29 is 9.59 Å². The first-order valence-corrected chi connectivity index (χ1v) is 9.45. The van der Waals surface area contributed by atoms with E-state index < -0.39 is 5.91 Å². The Hall–Kier alpha value is -2.69. The Morgan fingerprint density at radius 2 is 1.89 bits per heavy atom. The zero-order valence-electron chi connectivity index (χ0n) is 16.2. The van der Waals surface area contributed by atoms with Crippen molar-refractivity contribution in [3.8, 4) is 0 Å². The summed E-state index contributed by atoms with van der Waals surface area (Å²) in [7, 11) is 1.48. The lowest BCUT2D eigenvalue weighted by Crippen LogP contribution is -2.32. The molecule has 142 valence electrons. The Morgan fingerprint density at radius 1 is 1.15 bits per heavy atom. The zero-order valence-corrected chi connectivity index (χ0v) is 16.2. The number of rotatable bonds is 6. The molecule has 0 aliphatic heterocycles. The molecular formula is C22H26N2O3. The molecule has 5 heteroatoms. The molecule has 2 aromatic rings. The van der Waals surface area contributed by atoms with Crippen molar-refractivity contribution in [1.29, 1.82) is 0 Å². The Morgan fingerprint density at radius 3 is 2.48 bits per heavy atom. The molecule has 1 aromatic carbocycles. The summed E-state index contributed by atoms with van der Waals surface area (Å²) < 4.78 is 1.47. The number of amides is 1. The maximum atomic E-state index is 12.8. The third-order valence-corrected chi connectivity index (χ3v) is 5.50. The zero-order chi connectivity index (χ0) is 19.6. The van der Waals surface area contributed by atoms with Gasteiger partial charge >= 0.3 is 0 Å². The van der Waals surface area contributed by atoms with Crippen LogP contribution in [0, 0.1) is 19.8 Å². The summed E-state index contributed by atoms with van der Waals surface area (Å²) >= 11 is 0. The molecule has 1 heterocycles. The molecule has 0 bridgehead atoms. The molecule has 0 saturated heterocycles. The van der Waals surface area contributed by atoms with Gasteiger partial charge < -0.3 is 9.88 Å². The summed E-state index contributed by atoms with van der Waals surface area (Å²) in [5, 5.41) is 2.50. The average Bonchev–Trinajstić information content (AvgIpc) is 2.62. The van der Waals surface area contributed by atoms with Crippen LogP contribution in [0.1, 0.15) is 63.1 Å². The highest BCUT2D eigenvalue weighted by molar-refractivity contribution is 6.00. The van der Waals surface area contributed by atoms with Gasteiger partial charge in [-0.3, -0.25) is 14.4 Å². The van der Waals surface area contributed by atoms with Gasteiger partial charge in [0.25, 0.3) is 11.5 Å². The van der Waals surface area contributed by atoms with Gasteiger partial charge in [-0.25, -0.2) is 0 Å². The van der Waals surface area contributed by atoms with E-state index in [2.05, 4.69) is 5.32 Å². The summed E-state index contributed by atoms with van der Waals surface area (Å²) in [6.07, 6.45) is 5.42. The van der Waals surface area contributed by atoms with Gasteiger partial charge in [-0.05, 0) is 42.5 Å². The SMILES string of the molecule is CNC(=O)c1cc(C(=O)CC2CCC2)cn(Cc2ccc(C)c(C)c2)c1=O. The normalized spacial score (nSPS) is 13.9. The van der Waals surface area contributed by atoms with Gasteiger partial charge in [-0.2, -0.15) is 0 Å². The summed E-state index contributed by atoms with van der Waals surface area (Å²) in [5.74, 6) is -0.0353. The van der Waals surface area contributed by atoms with Crippen LogP contribution in [0.4, 0.5) is 0 Å². The first-order chi connectivity index (χ1) is 12.9. The van der Waals surface area contributed by atoms with E-state index in [4.69, 9.17) is 0 Å². The monoisotopic (exact) mass is 366 g/mol. The van der Waals surface area contributed by atoms with Crippen molar-refractivity contribution in [3.05, 3.63) is 68.6 Å². The fourth-order valence-electron chi connectivity index (χ4n) is 3.38. The molecule has 1 amide bonds. The van der Waals surface area contributed by atoms with Gasteiger partial charge in [0.2, 0.25) is 0 Å². The van der Waals surface area contributed by atoms with Crippen molar-refractivity contribution in [1.82, 2.24) is 9.88 Å². The van der Waals surface area contributed by atoms with E-state index in [1.54, 1.807) is 6.20 Å². The number of nitrogens with zero attached hydrogens (tertiary/aromatic N) is 1. The molecule has 0 radical (unpaired) electrons. The van der Waals surface area contributed by atoms with E-state index in [0.717, 1.165) is 24.0 Å². The minimum absolute atomic E-state index is 0.00121. The van der Waals surface area contributed by atoms with Crippen molar-refractivity contribution in [2.45, 2.75) is 46.1 Å². The van der Waals surface area contributed by atoms with Gasteiger partial charge in [0.15, 0.2) is 5.78 Å². The van der Waals surface area contributed by atoms with Crippen LogP contribution < -0.4 is 10.9 Å². The first kappa shape index (κ1) is 19.1. The molecule has 1 fully saturated rings. The second-order valence-corrected chi connectivity index (χ2v) is 7.50. The molecule has 1 aliphatic rings. The molecule has 1 N–H and O–H groups in total. The average molecular weight is 366 g/mol. The quantitative estimate of drug-likeness (QED) is 0.798. The van der Waals surface area contributed by atoms with E-state index in [1.807, 2.05) is 32.0 Å². The van der Waals surface area contributed by atoms with Gasteiger partial charge in [0.1, 0.15) is 5.56 Å². The predicted molar refractivity (Wildman–Crippen MR) is 105 cm³/mol. The first-order valence-electron chi connectivity index (χ1n) is 9.45. The lowest BCUT2D eigenvalue weighted by Gasteiger charge is -2.24. The summed E-state index contributed by atoms with van der Waals surface area (Å²) in [6.45, 7) is 4.39. The van der Waals surface area contributed by atoms with Crippen molar-refractivity contribution >= 4 is 11.7 Å². The van der Waals surface area contributed by atoms with Crippen molar-refractivity contribution in [2.24, 2.45) is 5.92 Å². The fourth-order valence-corrected chi connectivity index (χ4v) is 3.38. The topological polar surface area (TPSA) is 68.2 Å². The van der Waals surface area contributed by atoms with Crippen molar-refractivity contribution in [3.63, 3.8) is 0 Å². The Labute approximate surface area is 159 Å². The predicted octanol–water partition coefficient (Wildman–Crippen LogP) is 3.25. The van der Waals surface area contributed by atoms with Gasteiger partial charge in [-0.1, -0.05) is 37.5 Å². The van der Waals surface area contributed by atoms with E-state index in [0.29, 0.717) is 24.4 Å². The number of hydrogen-bond acceptors (Lipinski definition) is 3. The van der Waals surface area contributed by atoms with E-state index >= 15 is 0 Å². The van der Waals surface area contributed by atoms with Crippen LogP contribution in [0.2, 0.25) is 0 Å². The van der Waals surface area contributed by atoms with Gasteiger partial charge in [0, 0.05) is 25.2 Å². The molecule has 0 spiro atoms. The number of hydrogen-bond donors (Lipinski definition) is 1. The minimum atomic E-state index is -0.466. The van der Waals surface area contributed by atoms with Crippen LogP contribution in [0.5, 0.6) is 0 Å². The second-order valence-electron chi connectivity index (χ2n) is 7.50. The van der Waals surface area contributed by atoms with Crippen LogP contribution in [-0.2, 0) is 6.54 Å². The molecule has 5 nitrogen and oxygen atoms in total. The molecule has 27 heavy (non-hydrogen) atoms. The highest BCUT2D eigenvalue weighted by atomic mass is 16.2. The lowest BCUT2D eigenvalue weighted by atomic mass is 9.81. The lowest BCUT2D eigenvalue weighted by molar-refractivity contribution is 0.0935. The highest BCUT2D eigenvalue weighted by Gasteiger charge is 2.23. The van der Waals surface area contributed by atoms with Crippen LogP contribution in [0.3, 0.4) is 0 Å². The third-order valence-electron chi connectivity index (χ3n) is 5.50. The molecule has 3 rings (SSSR count). The summed E-state index contributed by atoms with van der Waals surface area (Å²) in [4.78, 5) is 37.6. The number of ketones is 1. The molecule has 1 saturated carbocycles. The molecule has 0 atom stereocenters. The van der Waals surface area contributed by atoms with Crippen LogP contribution in [0.15, 0.2) is 35.3 Å². The number of nitrogens with one attached hydrogen (secondary N) is 1. The van der Waals surface area contributed by atoms with E-state index in [1.165, 1.54) is 29.7 Å². The van der Waals surface area contributed by atoms with Crippen LogP contribution >= 0.6 is 0 Å². The largest absolute Gasteiger partial charge is 0.355 e. The van der Waals surface area contributed by atoms with Gasteiger partial charge in [0.05, 0.1) is 6.54 Å². The Balaban J connectivity index is 1.98. The minimum Gasteiger partial charge on any atom is -0.355 e. The van der Waals surface area contributed by atoms with E-state index in [9.17, 15) is 14.4 Å². The smallest absolute Gasteiger partial charge is 0.263 e. The number of aryl methyl sites for hydroxylation is 2. The summed E-state index contributed by atoms with van der Waals surface area (Å²) in [5.41, 5.74) is 3.36. The fraction of sp³-hybridized carbons (Fsp3) is 0.409. The number of aromatic nitrogens is 1. The summed E-state index contributed by atoms with van der Waals surface area (Å²) in [6, 6.07) is 7.46.